The lowest BCUT2D eigenvalue weighted by Crippen LogP contribution is -2.39. The highest BCUT2D eigenvalue weighted by Crippen LogP contribution is 2.20. The molecule has 0 aromatic carbocycles. The molecule has 1 aliphatic heterocycles. The molecule has 0 aliphatic carbocycles. The van der Waals surface area contributed by atoms with Crippen LogP contribution in [0, 0.1) is 11.7 Å². The van der Waals surface area contributed by atoms with E-state index in [0.717, 1.165) is 25.9 Å². The van der Waals surface area contributed by atoms with Gasteiger partial charge in [-0.3, -0.25) is 9.48 Å². The van der Waals surface area contributed by atoms with Crippen LogP contribution in [0.15, 0.2) is 24.8 Å². The Labute approximate surface area is 133 Å². The third kappa shape index (κ3) is 3.82. The third-order valence-electron chi connectivity index (χ3n) is 4.02. The van der Waals surface area contributed by atoms with E-state index in [2.05, 4.69) is 20.4 Å². The van der Waals surface area contributed by atoms with Crippen LogP contribution in [-0.4, -0.2) is 45.3 Å². The van der Waals surface area contributed by atoms with E-state index in [1.54, 1.807) is 24.1 Å². The van der Waals surface area contributed by atoms with Crippen molar-refractivity contribution >= 4 is 11.9 Å². The van der Waals surface area contributed by atoms with Gasteiger partial charge in [-0.25, -0.2) is 14.4 Å². The summed E-state index contributed by atoms with van der Waals surface area (Å²) in [5.74, 6) is 0.459. The van der Waals surface area contributed by atoms with Crippen molar-refractivity contribution in [3.63, 3.8) is 0 Å². The van der Waals surface area contributed by atoms with E-state index in [9.17, 15) is 9.18 Å². The average Bonchev–Trinajstić information content (AvgIpc) is 3.00. The molecule has 7 nitrogen and oxygen atoms in total. The number of nitrogens with one attached hydrogen (secondary N) is 1. The molecular weight excluding hydrogens is 299 g/mol. The molecule has 1 amide bonds. The first-order chi connectivity index (χ1) is 11.1. The van der Waals surface area contributed by atoms with Gasteiger partial charge in [0.05, 0.1) is 24.2 Å². The molecule has 0 radical (unpaired) electrons. The normalized spacial score (nSPS) is 15.7. The maximum Gasteiger partial charge on any atom is 0.254 e. The predicted molar refractivity (Wildman–Crippen MR) is 82.5 cm³/mol. The lowest BCUT2D eigenvalue weighted by atomic mass is 9.97. The zero-order valence-electron chi connectivity index (χ0n) is 12.9. The number of aryl methyl sites for hydroxylation is 1. The SMILES string of the molecule is Cn1cc(C(=O)NCC2CCN(c3ncc(F)cn3)CC2)cn1. The number of amides is 1. The van der Waals surface area contributed by atoms with E-state index in [1.165, 1.54) is 12.4 Å². The Morgan fingerprint density at radius 1 is 1.30 bits per heavy atom. The van der Waals surface area contributed by atoms with Gasteiger partial charge >= 0.3 is 0 Å². The average molecular weight is 318 g/mol. The Kier molecular flexibility index (Phi) is 4.50. The molecule has 0 saturated carbocycles. The number of hydrogen-bond acceptors (Lipinski definition) is 5. The van der Waals surface area contributed by atoms with E-state index < -0.39 is 5.82 Å². The van der Waals surface area contributed by atoms with Crippen molar-refractivity contribution in [2.75, 3.05) is 24.5 Å². The number of carbonyl (C=O) groups excluding carboxylic acids is 1. The van der Waals surface area contributed by atoms with Crippen LogP contribution in [0.1, 0.15) is 23.2 Å². The second-order valence-corrected chi connectivity index (χ2v) is 5.74. The Bertz CT molecular complexity index is 663. The summed E-state index contributed by atoms with van der Waals surface area (Å²) in [6.45, 7) is 2.25. The van der Waals surface area contributed by atoms with E-state index in [-0.39, 0.29) is 5.91 Å². The fourth-order valence-electron chi connectivity index (χ4n) is 2.68. The summed E-state index contributed by atoms with van der Waals surface area (Å²) >= 11 is 0. The smallest absolute Gasteiger partial charge is 0.254 e. The van der Waals surface area contributed by atoms with Gasteiger partial charge in [-0.05, 0) is 18.8 Å². The summed E-state index contributed by atoms with van der Waals surface area (Å²) < 4.78 is 14.5. The summed E-state index contributed by atoms with van der Waals surface area (Å²) in [5, 5.41) is 6.94. The molecule has 3 rings (SSSR count). The van der Waals surface area contributed by atoms with Crippen molar-refractivity contribution in [3.05, 3.63) is 36.2 Å². The summed E-state index contributed by atoms with van der Waals surface area (Å²) in [7, 11) is 1.78. The minimum absolute atomic E-state index is 0.0950. The molecule has 8 heteroatoms. The lowest BCUT2D eigenvalue weighted by Gasteiger charge is -2.31. The topological polar surface area (TPSA) is 75.9 Å². The molecule has 0 unspecified atom stereocenters. The van der Waals surface area contributed by atoms with Crippen molar-refractivity contribution in [1.82, 2.24) is 25.1 Å². The summed E-state index contributed by atoms with van der Waals surface area (Å²) in [6, 6.07) is 0. The maximum atomic E-state index is 12.8. The second-order valence-electron chi connectivity index (χ2n) is 5.74. The van der Waals surface area contributed by atoms with Crippen molar-refractivity contribution in [3.8, 4) is 0 Å². The molecule has 1 saturated heterocycles. The first kappa shape index (κ1) is 15.4. The highest BCUT2D eigenvalue weighted by molar-refractivity contribution is 5.93. The van der Waals surface area contributed by atoms with Gasteiger partial charge in [-0.2, -0.15) is 5.10 Å². The fourth-order valence-corrected chi connectivity index (χ4v) is 2.68. The van der Waals surface area contributed by atoms with Gasteiger partial charge in [0.1, 0.15) is 0 Å². The van der Waals surface area contributed by atoms with E-state index in [1.807, 2.05) is 4.90 Å². The number of piperidine rings is 1. The molecule has 23 heavy (non-hydrogen) atoms. The van der Waals surface area contributed by atoms with Crippen LogP contribution in [0.2, 0.25) is 0 Å². The monoisotopic (exact) mass is 318 g/mol. The highest BCUT2D eigenvalue weighted by Gasteiger charge is 2.21. The molecule has 1 N–H and O–H groups in total. The molecule has 0 spiro atoms. The van der Waals surface area contributed by atoms with Gasteiger partial charge in [0.15, 0.2) is 5.82 Å². The van der Waals surface area contributed by atoms with Gasteiger partial charge < -0.3 is 10.2 Å². The molecule has 2 aromatic rings. The van der Waals surface area contributed by atoms with Gasteiger partial charge in [0.25, 0.3) is 5.91 Å². The Morgan fingerprint density at radius 3 is 2.61 bits per heavy atom. The van der Waals surface area contributed by atoms with E-state index in [0.29, 0.717) is 24.0 Å². The van der Waals surface area contributed by atoms with Crippen LogP contribution < -0.4 is 10.2 Å². The quantitative estimate of drug-likeness (QED) is 0.910. The maximum absolute atomic E-state index is 12.8. The number of aromatic nitrogens is 4. The van der Waals surface area contributed by atoms with Gasteiger partial charge in [0.2, 0.25) is 5.95 Å². The summed E-state index contributed by atoms with van der Waals surface area (Å²) in [5.41, 5.74) is 0.574. The highest BCUT2D eigenvalue weighted by atomic mass is 19.1. The minimum Gasteiger partial charge on any atom is -0.352 e. The van der Waals surface area contributed by atoms with Crippen molar-refractivity contribution in [2.45, 2.75) is 12.8 Å². The number of anilines is 1. The van der Waals surface area contributed by atoms with Crippen molar-refractivity contribution in [2.24, 2.45) is 13.0 Å². The lowest BCUT2D eigenvalue weighted by molar-refractivity contribution is 0.0945. The predicted octanol–water partition coefficient (Wildman–Crippen LogP) is 0.996. The first-order valence-corrected chi connectivity index (χ1v) is 7.61. The number of halogens is 1. The molecular formula is C15H19FN6O. The van der Waals surface area contributed by atoms with Gasteiger partial charge in [-0.15, -0.1) is 0 Å². The Morgan fingerprint density at radius 2 is 2.00 bits per heavy atom. The summed E-state index contributed by atoms with van der Waals surface area (Å²) in [6.07, 6.45) is 7.50. The second kappa shape index (κ2) is 6.72. The van der Waals surface area contributed by atoms with Crippen LogP contribution in [0.25, 0.3) is 0 Å². The standard InChI is InChI=1S/C15H19FN6O/c1-21-10-12(7-20-21)14(23)17-6-11-2-4-22(5-3-11)15-18-8-13(16)9-19-15/h7-11H,2-6H2,1H3,(H,17,23). The Hall–Kier alpha value is -2.51. The first-order valence-electron chi connectivity index (χ1n) is 7.61. The summed E-state index contributed by atoms with van der Waals surface area (Å²) in [4.78, 5) is 22.0. The number of rotatable bonds is 4. The van der Waals surface area contributed by atoms with E-state index in [4.69, 9.17) is 0 Å². The fraction of sp³-hybridized carbons (Fsp3) is 0.467. The van der Waals surface area contributed by atoms with Crippen molar-refractivity contribution in [1.29, 1.82) is 0 Å². The van der Waals surface area contributed by atoms with Crippen LogP contribution >= 0.6 is 0 Å². The number of carbonyl (C=O) groups is 1. The van der Waals surface area contributed by atoms with Crippen LogP contribution in [-0.2, 0) is 7.05 Å². The molecule has 1 fully saturated rings. The van der Waals surface area contributed by atoms with Crippen LogP contribution in [0.3, 0.4) is 0 Å². The zero-order chi connectivity index (χ0) is 16.2. The molecule has 1 aliphatic rings. The Balaban J connectivity index is 1.46. The largest absolute Gasteiger partial charge is 0.352 e. The van der Waals surface area contributed by atoms with E-state index >= 15 is 0 Å². The minimum atomic E-state index is -0.429. The number of nitrogens with zero attached hydrogens (tertiary/aromatic N) is 5. The number of hydrogen-bond donors (Lipinski definition) is 1. The molecule has 0 bridgehead atoms. The van der Waals surface area contributed by atoms with Crippen LogP contribution in [0.4, 0.5) is 10.3 Å². The third-order valence-corrected chi connectivity index (χ3v) is 4.02. The van der Waals surface area contributed by atoms with Crippen LogP contribution in [0.5, 0.6) is 0 Å². The molecule has 0 atom stereocenters. The van der Waals surface area contributed by atoms with Gasteiger partial charge in [0, 0.05) is 32.9 Å². The molecule has 122 valence electrons. The molecule has 3 heterocycles. The van der Waals surface area contributed by atoms with Crippen molar-refractivity contribution < 1.29 is 9.18 Å². The molecule has 2 aromatic heterocycles. The van der Waals surface area contributed by atoms with Gasteiger partial charge in [-0.1, -0.05) is 0 Å². The zero-order valence-corrected chi connectivity index (χ0v) is 12.9.